The molecule has 6 heteroatoms. The summed E-state index contributed by atoms with van der Waals surface area (Å²) in [6.45, 7) is 8.97. The van der Waals surface area contributed by atoms with Gasteiger partial charge in [-0.3, -0.25) is 9.89 Å². The first-order chi connectivity index (χ1) is 11.6. The fourth-order valence-electron chi connectivity index (χ4n) is 3.61. The van der Waals surface area contributed by atoms with E-state index in [1.54, 1.807) is 0 Å². The number of hydrogen-bond donors (Lipinski definition) is 2. The van der Waals surface area contributed by atoms with Crippen LogP contribution in [0.3, 0.4) is 0 Å². The van der Waals surface area contributed by atoms with Crippen LogP contribution in [-0.4, -0.2) is 49.7 Å². The predicted molar refractivity (Wildman–Crippen MR) is 115 cm³/mol. The molecule has 0 amide bonds. The number of aliphatic imine (C=N–C) groups is 1. The molecular weight excluding hydrogens is 427 g/mol. The van der Waals surface area contributed by atoms with Crippen LogP contribution in [0, 0.1) is 5.92 Å². The lowest BCUT2D eigenvalue weighted by atomic mass is 10.1. The number of hydrogen-bond acceptors (Lipinski definition) is 3. The third kappa shape index (κ3) is 6.11. The molecule has 1 aromatic rings. The molecule has 0 aromatic heterocycles. The molecule has 1 fully saturated rings. The zero-order valence-electron chi connectivity index (χ0n) is 15.3. The van der Waals surface area contributed by atoms with Crippen LogP contribution in [0.1, 0.15) is 31.4 Å². The Hall–Kier alpha value is -0.860. The van der Waals surface area contributed by atoms with Gasteiger partial charge < -0.3 is 15.8 Å². The summed E-state index contributed by atoms with van der Waals surface area (Å²) in [5.74, 6) is 1.15. The van der Waals surface area contributed by atoms with Crippen LogP contribution in [0.15, 0.2) is 23.2 Å². The second-order valence-electron chi connectivity index (χ2n) is 7.33. The molecule has 0 radical (unpaired) electrons. The standard InChI is InChI=1S/C19H30N4O.HI/c1-14(2)12-23-8-9-24-18(13-23)11-21-19(20)22-17-7-6-15-4-3-5-16(15)10-17;/h6-7,10,14,18H,3-5,8-9,11-13H2,1-2H3,(H3,20,21,22);1H. The normalized spacial score (nSPS) is 21.1. The summed E-state index contributed by atoms with van der Waals surface area (Å²) in [5.41, 5.74) is 9.99. The van der Waals surface area contributed by atoms with Crippen LogP contribution in [-0.2, 0) is 17.6 Å². The van der Waals surface area contributed by atoms with Crippen LogP contribution in [0.25, 0.3) is 0 Å². The molecule has 25 heavy (non-hydrogen) atoms. The molecule has 5 nitrogen and oxygen atoms in total. The maximum absolute atomic E-state index is 6.05. The van der Waals surface area contributed by atoms with E-state index < -0.39 is 0 Å². The van der Waals surface area contributed by atoms with Gasteiger partial charge in [0.25, 0.3) is 0 Å². The summed E-state index contributed by atoms with van der Waals surface area (Å²) >= 11 is 0. The number of nitrogens with zero attached hydrogens (tertiary/aromatic N) is 2. The third-order valence-electron chi connectivity index (χ3n) is 4.68. The van der Waals surface area contributed by atoms with E-state index in [1.165, 1.54) is 30.4 Å². The molecule has 3 N–H and O–H groups in total. The lowest BCUT2D eigenvalue weighted by Gasteiger charge is -2.33. The number of fused-ring (bicyclic) bond motifs is 1. The molecule has 0 bridgehead atoms. The van der Waals surface area contributed by atoms with Crippen molar-refractivity contribution in [3.63, 3.8) is 0 Å². The van der Waals surface area contributed by atoms with Gasteiger partial charge in [0.2, 0.25) is 0 Å². The second-order valence-corrected chi connectivity index (χ2v) is 7.33. The SMILES string of the molecule is CC(C)CN1CCOC(CN=C(N)Nc2ccc3c(c2)CCC3)C1.I. The molecule has 1 heterocycles. The maximum atomic E-state index is 6.05. The molecule has 1 aliphatic heterocycles. The smallest absolute Gasteiger partial charge is 0.193 e. The third-order valence-corrected chi connectivity index (χ3v) is 4.68. The average molecular weight is 458 g/mol. The van der Waals surface area contributed by atoms with Gasteiger partial charge in [0.15, 0.2) is 5.96 Å². The number of anilines is 1. The van der Waals surface area contributed by atoms with Gasteiger partial charge in [-0.05, 0) is 48.4 Å². The number of nitrogens with one attached hydrogen (secondary N) is 1. The first-order valence-electron chi connectivity index (χ1n) is 9.13. The number of morpholine rings is 1. The van der Waals surface area contributed by atoms with Crippen molar-refractivity contribution in [2.45, 2.75) is 39.2 Å². The Morgan fingerprint density at radius 3 is 2.96 bits per heavy atom. The monoisotopic (exact) mass is 458 g/mol. The highest BCUT2D eigenvalue weighted by molar-refractivity contribution is 14.0. The van der Waals surface area contributed by atoms with Crippen molar-refractivity contribution in [3.05, 3.63) is 29.3 Å². The van der Waals surface area contributed by atoms with Crippen molar-refractivity contribution in [2.75, 3.05) is 38.1 Å². The molecule has 3 rings (SSSR count). The van der Waals surface area contributed by atoms with E-state index in [1.807, 2.05) is 0 Å². The van der Waals surface area contributed by atoms with Gasteiger partial charge in [0.1, 0.15) is 0 Å². The zero-order chi connectivity index (χ0) is 16.9. The number of ether oxygens (including phenoxy) is 1. The van der Waals surface area contributed by atoms with Gasteiger partial charge in [0, 0.05) is 25.3 Å². The summed E-state index contributed by atoms with van der Waals surface area (Å²) in [7, 11) is 0. The first kappa shape index (κ1) is 20.5. The van der Waals surface area contributed by atoms with Crippen molar-refractivity contribution < 1.29 is 4.74 Å². The highest BCUT2D eigenvalue weighted by Gasteiger charge is 2.20. The number of benzene rings is 1. The van der Waals surface area contributed by atoms with Gasteiger partial charge in [0.05, 0.1) is 19.3 Å². The molecule has 1 saturated heterocycles. The Balaban J connectivity index is 0.00000225. The first-order valence-corrected chi connectivity index (χ1v) is 9.13. The molecule has 1 atom stereocenters. The van der Waals surface area contributed by atoms with Crippen molar-refractivity contribution in [2.24, 2.45) is 16.6 Å². The van der Waals surface area contributed by atoms with Crippen molar-refractivity contribution in [1.29, 1.82) is 0 Å². The van der Waals surface area contributed by atoms with Gasteiger partial charge in [-0.15, -0.1) is 24.0 Å². The minimum absolute atomic E-state index is 0. The number of halogens is 1. The predicted octanol–water partition coefficient (Wildman–Crippen LogP) is 2.88. The molecule has 1 aromatic carbocycles. The molecule has 1 unspecified atom stereocenters. The van der Waals surface area contributed by atoms with Crippen molar-refractivity contribution in [1.82, 2.24) is 4.90 Å². The Labute approximate surface area is 168 Å². The number of nitrogens with two attached hydrogens (primary N) is 1. The van der Waals surface area contributed by atoms with Crippen LogP contribution >= 0.6 is 24.0 Å². The lowest BCUT2D eigenvalue weighted by Crippen LogP contribution is -2.45. The fourth-order valence-corrected chi connectivity index (χ4v) is 3.61. The average Bonchev–Trinajstić information content (AvgIpc) is 3.00. The van der Waals surface area contributed by atoms with Gasteiger partial charge in [-0.1, -0.05) is 19.9 Å². The number of aryl methyl sites for hydroxylation is 2. The zero-order valence-corrected chi connectivity index (χ0v) is 17.7. The fraction of sp³-hybridized carbons (Fsp3) is 0.632. The Kier molecular flexibility index (Phi) is 7.96. The molecule has 1 aliphatic carbocycles. The quantitative estimate of drug-likeness (QED) is 0.405. The topological polar surface area (TPSA) is 62.9 Å². The van der Waals surface area contributed by atoms with E-state index >= 15 is 0 Å². The van der Waals surface area contributed by atoms with E-state index in [-0.39, 0.29) is 30.1 Å². The minimum atomic E-state index is 0. The second kappa shape index (κ2) is 9.73. The largest absolute Gasteiger partial charge is 0.374 e. The van der Waals surface area contributed by atoms with E-state index in [2.05, 4.69) is 47.3 Å². The lowest BCUT2D eigenvalue weighted by molar-refractivity contribution is -0.0261. The van der Waals surface area contributed by atoms with Crippen LogP contribution in [0.2, 0.25) is 0 Å². The molecule has 0 saturated carbocycles. The summed E-state index contributed by atoms with van der Waals surface area (Å²) in [6, 6.07) is 6.49. The van der Waals surface area contributed by atoms with Crippen molar-refractivity contribution in [3.8, 4) is 0 Å². The van der Waals surface area contributed by atoms with E-state index in [0.29, 0.717) is 18.4 Å². The highest BCUT2D eigenvalue weighted by Crippen LogP contribution is 2.24. The van der Waals surface area contributed by atoms with Crippen LogP contribution < -0.4 is 11.1 Å². The van der Waals surface area contributed by atoms with Gasteiger partial charge in [-0.2, -0.15) is 0 Å². The van der Waals surface area contributed by atoms with Gasteiger partial charge >= 0.3 is 0 Å². The van der Waals surface area contributed by atoms with Gasteiger partial charge in [-0.25, -0.2) is 0 Å². The number of rotatable bonds is 5. The molecule has 0 spiro atoms. The summed E-state index contributed by atoms with van der Waals surface area (Å²) in [5, 5.41) is 3.21. The Morgan fingerprint density at radius 1 is 1.36 bits per heavy atom. The molecule has 140 valence electrons. The summed E-state index contributed by atoms with van der Waals surface area (Å²) in [6.07, 6.45) is 3.76. The Morgan fingerprint density at radius 2 is 2.16 bits per heavy atom. The van der Waals surface area contributed by atoms with Crippen LogP contribution in [0.4, 0.5) is 5.69 Å². The van der Waals surface area contributed by atoms with Crippen LogP contribution in [0.5, 0.6) is 0 Å². The van der Waals surface area contributed by atoms with E-state index in [4.69, 9.17) is 10.5 Å². The van der Waals surface area contributed by atoms with Crippen molar-refractivity contribution >= 4 is 35.6 Å². The minimum Gasteiger partial charge on any atom is -0.374 e. The van der Waals surface area contributed by atoms with E-state index in [9.17, 15) is 0 Å². The molecular formula is C19H31IN4O. The summed E-state index contributed by atoms with van der Waals surface area (Å²) in [4.78, 5) is 6.94. The summed E-state index contributed by atoms with van der Waals surface area (Å²) < 4.78 is 5.82. The molecule has 2 aliphatic rings. The number of guanidine groups is 1. The van der Waals surface area contributed by atoms with E-state index in [0.717, 1.165) is 31.9 Å². The maximum Gasteiger partial charge on any atom is 0.193 e. The highest BCUT2D eigenvalue weighted by atomic mass is 127. The Bertz CT molecular complexity index is 591.